The largest absolute Gasteiger partial charge is 0.465 e. The summed E-state index contributed by atoms with van der Waals surface area (Å²) in [6.45, 7) is 1.71. The van der Waals surface area contributed by atoms with Crippen LogP contribution in [0.5, 0.6) is 0 Å². The summed E-state index contributed by atoms with van der Waals surface area (Å²) >= 11 is 9.90. The van der Waals surface area contributed by atoms with Crippen molar-refractivity contribution in [3.05, 3.63) is 63.5 Å². The fourth-order valence-corrected chi connectivity index (χ4v) is 4.96. The summed E-state index contributed by atoms with van der Waals surface area (Å²) in [5.41, 5.74) is 2.05. The zero-order valence-electron chi connectivity index (χ0n) is 15.8. The highest BCUT2D eigenvalue weighted by Crippen LogP contribution is 2.45. The minimum atomic E-state index is -0.510. The summed E-state index contributed by atoms with van der Waals surface area (Å²) in [6.07, 6.45) is 0. The van der Waals surface area contributed by atoms with Gasteiger partial charge in [0.15, 0.2) is 4.32 Å². The second-order valence-electron chi connectivity index (χ2n) is 6.40. The maximum Gasteiger partial charge on any atom is 0.326 e. The van der Waals surface area contributed by atoms with Crippen molar-refractivity contribution in [2.24, 2.45) is 0 Å². The second-order valence-corrected chi connectivity index (χ2v) is 8.96. The van der Waals surface area contributed by atoms with Crippen LogP contribution in [-0.2, 0) is 19.1 Å². The van der Waals surface area contributed by atoms with Gasteiger partial charge in [-0.05, 0) is 37.3 Å². The molecule has 0 aliphatic carbocycles. The average molecular weight is 503 g/mol. The van der Waals surface area contributed by atoms with Gasteiger partial charge >= 0.3 is 5.97 Å². The molecule has 2 aliphatic rings. The van der Waals surface area contributed by atoms with Crippen LogP contribution in [0, 0.1) is 0 Å². The van der Waals surface area contributed by atoms with Crippen LogP contribution < -0.4 is 9.80 Å². The van der Waals surface area contributed by atoms with Crippen molar-refractivity contribution in [3.8, 4) is 0 Å². The third-order valence-electron chi connectivity index (χ3n) is 4.60. The fourth-order valence-electron chi connectivity index (χ4n) is 3.32. The molecule has 2 amide bonds. The van der Waals surface area contributed by atoms with E-state index in [0.29, 0.717) is 21.3 Å². The number of rotatable bonds is 4. The van der Waals surface area contributed by atoms with Crippen molar-refractivity contribution in [3.63, 3.8) is 0 Å². The predicted octanol–water partition coefficient (Wildman–Crippen LogP) is 4.13. The van der Waals surface area contributed by atoms with E-state index in [9.17, 15) is 14.4 Å². The molecule has 0 atom stereocenters. The van der Waals surface area contributed by atoms with Crippen LogP contribution in [-0.4, -0.2) is 35.3 Å². The highest BCUT2D eigenvalue weighted by atomic mass is 79.9. The van der Waals surface area contributed by atoms with E-state index in [1.54, 1.807) is 43.3 Å². The Hall–Kier alpha value is -2.49. The SMILES string of the molecule is CCOC(=O)CN1C(=O)/C(=C2/SC(=S)N(c3ccc(Br)cc3)C2=O)c2ccccc21. The van der Waals surface area contributed by atoms with Crippen molar-refractivity contribution >= 4 is 79.0 Å². The third kappa shape index (κ3) is 3.57. The van der Waals surface area contributed by atoms with Crippen LogP contribution >= 0.6 is 39.9 Å². The van der Waals surface area contributed by atoms with E-state index in [1.165, 1.54) is 9.80 Å². The minimum Gasteiger partial charge on any atom is -0.465 e. The summed E-state index contributed by atoms with van der Waals surface area (Å²) < 4.78 is 6.22. The smallest absolute Gasteiger partial charge is 0.326 e. The molecule has 2 heterocycles. The first kappa shape index (κ1) is 20.8. The molecule has 152 valence electrons. The van der Waals surface area contributed by atoms with Gasteiger partial charge in [0.25, 0.3) is 11.8 Å². The van der Waals surface area contributed by atoms with E-state index < -0.39 is 11.9 Å². The number of hydrogen-bond acceptors (Lipinski definition) is 6. The number of para-hydroxylation sites is 1. The number of nitrogens with zero attached hydrogens (tertiary/aromatic N) is 2. The molecule has 0 bridgehead atoms. The molecule has 9 heteroatoms. The van der Waals surface area contributed by atoms with Crippen LogP contribution in [0.2, 0.25) is 0 Å². The number of carbonyl (C=O) groups excluding carboxylic acids is 3. The Morgan fingerprint density at radius 1 is 1.10 bits per heavy atom. The number of carbonyl (C=O) groups is 3. The number of amides is 2. The molecule has 1 saturated heterocycles. The number of fused-ring (bicyclic) bond motifs is 1. The monoisotopic (exact) mass is 502 g/mol. The van der Waals surface area contributed by atoms with Crippen molar-refractivity contribution in [1.82, 2.24) is 0 Å². The molecule has 2 aromatic rings. The Morgan fingerprint density at radius 3 is 2.50 bits per heavy atom. The molecule has 30 heavy (non-hydrogen) atoms. The highest BCUT2D eigenvalue weighted by molar-refractivity contribution is 9.10. The lowest BCUT2D eigenvalue weighted by molar-refractivity contribution is -0.142. The maximum atomic E-state index is 13.3. The molecular weight excluding hydrogens is 488 g/mol. The van der Waals surface area contributed by atoms with Crippen LogP contribution in [0.15, 0.2) is 57.9 Å². The number of benzene rings is 2. The molecule has 4 rings (SSSR count). The molecule has 0 aromatic heterocycles. The van der Waals surface area contributed by atoms with Gasteiger partial charge in [-0.3, -0.25) is 24.2 Å². The number of anilines is 2. The molecule has 1 fully saturated rings. The number of halogens is 1. The molecule has 0 unspecified atom stereocenters. The molecule has 0 radical (unpaired) electrons. The molecule has 2 aliphatic heterocycles. The number of ether oxygens (including phenoxy) is 1. The second kappa shape index (κ2) is 8.33. The van der Waals surface area contributed by atoms with Gasteiger partial charge in [0.2, 0.25) is 0 Å². The standard InChI is InChI=1S/C21H15BrN2O4S2/c1-2-28-16(25)11-23-15-6-4-3-5-14(15)17(19(23)26)18-20(27)24(21(29)30-18)13-9-7-12(22)8-10-13/h3-10H,2,11H2,1H3/b18-17+. The zero-order chi connectivity index (χ0) is 21.4. The third-order valence-corrected chi connectivity index (χ3v) is 6.50. The van der Waals surface area contributed by atoms with E-state index in [4.69, 9.17) is 17.0 Å². The van der Waals surface area contributed by atoms with Crippen molar-refractivity contribution in [2.45, 2.75) is 6.92 Å². The normalized spacial score (nSPS) is 18.3. The fraction of sp³-hybridized carbons (Fsp3) is 0.143. The Balaban J connectivity index is 1.76. The van der Waals surface area contributed by atoms with E-state index in [1.807, 2.05) is 12.1 Å². The van der Waals surface area contributed by atoms with Crippen molar-refractivity contribution < 1.29 is 19.1 Å². The van der Waals surface area contributed by atoms with Crippen LogP contribution in [0.25, 0.3) is 5.57 Å². The van der Waals surface area contributed by atoms with Gasteiger partial charge in [0, 0.05) is 10.0 Å². The number of thioether (sulfide) groups is 1. The van der Waals surface area contributed by atoms with Crippen molar-refractivity contribution in [2.75, 3.05) is 23.0 Å². The number of hydrogen-bond donors (Lipinski definition) is 0. The Labute approximate surface area is 191 Å². The Morgan fingerprint density at radius 2 is 1.80 bits per heavy atom. The lowest BCUT2D eigenvalue weighted by Crippen LogP contribution is -2.34. The van der Waals surface area contributed by atoms with Gasteiger partial charge in [-0.2, -0.15) is 0 Å². The summed E-state index contributed by atoms with van der Waals surface area (Å²) in [5, 5.41) is 0. The summed E-state index contributed by atoms with van der Waals surface area (Å²) in [5.74, 6) is -1.28. The molecule has 6 nitrogen and oxygen atoms in total. The first-order chi connectivity index (χ1) is 14.4. The lowest BCUT2D eigenvalue weighted by Gasteiger charge is -2.16. The average Bonchev–Trinajstić information content (AvgIpc) is 3.16. The van der Waals surface area contributed by atoms with Crippen LogP contribution in [0.1, 0.15) is 12.5 Å². The van der Waals surface area contributed by atoms with Gasteiger partial charge in [-0.25, -0.2) is 0 Å². The summed E-state index contributed by atoms with van der Waals surface area (Å²) in [6, 6.07) is 14.3. The first-order valence-corrected chi connectivity index (χ1v) is 11.1. The molecule has 0 N–H and O–H groups in total. The molecule has 0 spiro atoms. The predicted molar refractivity (Wildman–Crippen MR) is 124 cm³/mol. The van der Waals surface area contributed by atoms with Crippen molar-refractivity contribution in [1.29, 1.82) is 0 Å². The number of thiocarbonyl (C=S) groups is 1. The first-order valence-electron chi connectivity index (χ1n) is 9.05. The highest BCUT2D eigenvalue weighted by Gasteiger charge is 2.43. The zero-order valence-corrected chi connectivity index (χ0v) is 19.0. The van der Waals surface area contributed by atoms with E-state index in [2.05, 4.69) is 15.9 Å². The lowest BCUT2D eigenvalue weighted by atomic mass is 10.1. The topological polar surface area (TPSA) is 66.9 Å². The molecule has 0 saturated carbocycles. The summed E-state index contributed by atoms with van der Waals surface area (Å²) in [4.78, 5) is 41.6. The molecule has 2 aromatic carbocycles. The van der Waals surface area contributed by atoms with Crippen LogP contribution in [0.4, 0.5) is 11.4 Å². The Kier molecular flexibility index (Phi) is 5.77. The number of esters is 1. The van der Waals surface area contributed by atoms with Gasteiger partial charge in [-0.1, -0.05) is 58.1 Å². The van der Waals surface area contributed by atoms with Gasteiger partial charge in [-0.15, -0.1) is 0 Å². The Bertz CT molecular complexity index is 1110. The van der Waals surface area contributed by atoms with Gasteiger partial charge in [0.05, 0.1) is 28.5 Å². The summed E-state index contributed by atoms with van der Waals surface area (Å²) in [7, 11) is 0. The maximum absolute atomic E-state index is 13.3. The van der Waals surface area contributed by atoms with E-state index in [0.717, 1.165) is 16.2 Å². The van der Waals surface area contributed by atoms with Gasteiger partial charge < -0.3 is 4.74 Å². The minimum absolute atomic E-state index is 0.222. The van der Waals surface area contributed by atoms with E-state index in [-0.39, 0.29) is 29.5 Å². The quantitative estimate of drug-likeness (QED) is 0.355. The van der Waals surface area contributed by atoms with E-state index >= 15 is 0 Å². The molecular formula is C21H15BrN2O4S2. The van der Waals surface area contributed by atoms with Gasteiger partial charge in [0.1, 0.15) is 6.54 Å². The van der Waals surface area contributed by atoms with Crippen LogP contribution in [0.3, 0.4) is 0 Å².